The van der Waals surface area contributed by atoms with Gasteiger partial charge in [-0.05, 0) is 30.3 Å². The molecule has 0 unspecified atom stereocenters. The lowest BCUT2D eigenvalue weighted by Crippen LogP contribution is -1.93. The van der Waals surface area contributed by atoms with E-state index in [2.05, 4.69) is 0 Å². The van der Waals surface area contributed by atoms with E-state index in [1.54, 1.807) is 7.11 Å². The molecule has 0 spiro atoms. The molecule has 0 saturated heterocycles. The van der Waals surface area contributed by atoms with Crippen molar-refractivity contribution in [3.8, 4) is 11.5 Å². The molecule has 0 saturated carbocycles. The molecule has 0 fully saturated rings. The summed E-state index contributed by atoms with van der Waals surface area (Å²) in [7, 11) is 1.63. The van der Waals surface area contributed by atoms with Gasteiger partial charge in [-0.2, -0.15) is 0 Å². The van der Waals surface area contributed by atoms with Crippen LogP contribution < -0.4 is 9.47 Å². The Kier molecular flexibility index (Phi) is 3.52. The van der Waals surface area contributed by atoms with Crippen LogP contribution in [0.2, 0.25) is 5.02 Å². The second-order valence-electron chi connectivity index (χ2n) is 4.33. The molecule has 3 nitrogen and oxygen atoms in total. The van der Waals surface area contributed by atoms with E-state index in [9.17, 15) is 0 Å². The standard InChI is InChI=1S/C16H13ClO3/c1-18-11-4-2-5-12(8-11)19-10-13-9-14-15(17)6-3-7-16(14)20-13/h2-9H,10H2,1H3. The first-order valence-corrected chi connectivity index (χ1v) is 6.58. The lowest BCUT2D eigenvalue weighted by atomic mass is 10.2. The molecule has 20 heavy (non-hydrogen) atoms. The summed E-state index contributed by atoms with van der Waals surface area (Å²) < 4.78 is 16.5. The van der Waals surface area contributed by atoms with Gasteiger partial charge in [0.05, 0.1) is 12.1 Å². The Bertz CT molecular complexity index is 733. The molecule has 0 bridgehead atoms. The van der Waals surface area contributed by atoms with Crippen molar-refractivity contribution in [1.29, 1.82) is 0 Å². The third-order valence-electron chi connectivity index (χ3n) is 2.98. The van der Waals surface area contributed by atoms with Crippen molar-refractivity contribution in [2.24, 2.45) is 0 Å². The average molecular weight is 289 g/mol. The van der Waals surface area contributed by atoms with E-state index in [4.69, 9.17) is 25.5 Å². The van der Waals surface area contributed by atoms with Gasteiger partial charge < -0.3 is 13.9 Å². The predicted molar refractivity (Wildman–Crippen MR) is 78.6 cm³/mol. The van der Waals surface area contributed by atoms with Crippen molar-refractivity contribution in [2.45, 2.75) is 6.61 Å². The SMILES string of the molecule is COc1cccc(OCc2cc3c(Cl)cccc3o2)c1. The fraction of sp³-hybridized carbons (Fsp3) is 0.125. The number of hydrogen-bond donors (Lipinski definition) is 0. The van der Waals surface area contributed by atoms with Gasteiger partial charge in [0.25, 0.3) is 0 Å². The van der Waals surface area contributed by atoms with Gasteiger partial charge in [-0.1, -0.05) is 23.7 Å². The summed E-state index contributed by atoms with van der Waals surface area (Å²) in [5.41, 5.74) is 0.766. The molecule has 0 amide bonds. The van der Waals surface area contributed by atoms with E-state index in [0.717, 1.165) is 28.2 Å². The molecule has 1 aromatic heterocycles. The van der Waals surface area contributed by atoms with Crippen LogP contribution in [0.3, 0.4) is 0 Å². The van der Waals surface area contributed by atoms with Crippen molar-refractivity contribution in [3.63, 3.8) is 0 Å². The molecular weight excluding hydrogens is 276 g/mol. The largest absolute Gasteiger partial charge is 0.497 e. The highest BCUT2D eigenvalue weighted by atomic mass is 35.5. The number of halogens is 1. The average Bonchev–Trinajstić information content (AvgIpc) is 2.90. The first kappa shape index (κ1) is 12.9. The van der Waals surface area contributed by atoms with Gasteiger partial charge in [-0.25, -0.2) is 0 Å². The van der Waals surface area contributed by atoms with E-state index in [-0.39, 0.29) is 0 Å². The minimum atomic E-state index is 0.345. The Morgan fingerprint density at radius 1 is 1.05 bits per heavy atom. The number of hydrogen-bond acceptors (Lipinski definition) is 3. The van der Waals surface area contributed by atoms with Crippen LogP contribution in [0.5, 0.6) is 11.5 Å². The monoisotopic (exact) mass is 288 g/mol. The Morgan fingerprint density at radius 2 is 1.85 bits per heavy atom. The lowest BCUT2D eigenvalue weighted by molar-refractivity contribution is 0.273. The molecule has 102 valence electrons. The van der Waals surface area contributed by atoms with Crippen molar-refractivity contribution >= 4 is 22.6 Å². The first-order valence-electron chi connectivity index (χ1n) is 6.20. The highest BCUT2D eigenvalue weighted by Gasteiger charge is 2.07. The number of fused-ring (bicyclic) bond motifs is 1. The summed E-state index contributed by atoms with van der Waals surface area (Å²) in [5, 5.41) is 1.58. The number of ether oxygens (including phenoxy) is 2. The number of rotatable bonds is 4. The summed E-state index contributed by atoms with van der Waals surface area (Å²) in [6.07, 6.45) is 0. The van der Waals surface area contributed by atoms with Crippen LogP contribution in [0.25, 0.3) is 11.0 Å². The summed E-state index contributed by atoms with van der Waals surface area (Å²) in [6.45, 7) is 0.345. The fourth-order valence-electron chi connectivity index (χ4n) is 1.99. The Hall–Kier alpha value is -2.13. The van der Waals surface area contributed by atoms with Crippen LogP contribution in [0.1, 0.15) is 5.76 Å². The van der Waals surface area contributed by atoms with E-state index < -0.39 is 0 Å². The van der Waals surface area contributed by atoms with Crippen LogP contribution in [-0.4, -0.2) is 7.11 Å². The highest BCUT2D eigenvalue weighted by molar-refractivity contribution is 6.35. The van der Waals surface area contributed by atoms with E-state index in [1.165, 1.54) is 0 Å². The number of furan rings is 1. The Labute approximate surface area is 121 Å². The Morgan fingerprint density at radius 3 is 2.65 bits per heavy atom. The molecule has 0 aliphatic rings. The molecular formula is C16H13ClO3. The maximum absolute atomic E-state index is 6.11. The van der Waals surface area contributed by atoms with Crippen molar-refractivity contribution in [1.82, 2.24) is 0 Å². The predicted octanol–water partition coefficient (Wildman–Crippen LogP) is 4.67. The van der Waals surface area contributed by atoms with Gasteiger partial charge in [0, 0.05) is 11.5 Å². The van der Waals surface area contributed by atoms with Crippen LogP contribution in [0.15, 0.2) is 52.9 Å². The normalized spacial score (nSPS) is 10.7. The zero-order chi connectivity index (χ0) is 13.9. The minimum Gasteiger partial charge on any atom is -0.497 e. The zero-order valence-corrected chi connectivity index (χ0v) is 11.7. The molecule has 3 aromatic rings. The number of methoxy groups -OCH3 is 1. The van der Waals surface area contributed by atoms with E-state index in [1.807, 2.05) is 48.5 Å². The smallest absolute Gasteiger partial charge is 0.146 e. The van der Waals surface area contributed by atoms with Crippen LogP contribution >= 0.6 is 11.6 Å². The lowest BCUT2D eigenvalue weighted by Gasteiger charge is -2.05. The molecule has 3 rings (SSSR count). The molecule has 1 heterocycles. The topological polar surface area (TPSA) is 31.6 Å². The van der Waals surface area contributed by atoms with Gasteiger partial charge >= 0.3 is 0 Å². The van der Waals surface area contributed by atoms with E-state index >= 15 is 0 Å². The van der Waals surface area contributed by atoms with Gasteiger partial charge in [0.1, 0.15) is 29.4 Å². The van der Waals surface area contributed by atoms with Gasteiger partial charge in [-0.3, -0.25) is 0 Å². The number of benzene rings is 2. The quantitative estimate of drug-likeness (QED) is 0.699. The maximum Gasteiger partial charge on any atom is 0.146 e. The summed E-state index contributed by atoms with van der Waals surface area (Å²) >= 11 is 6.11. The fourth-order valence-corrected chi connectivity index (χ4v) is 2.21. The Balaban J connectivity index is 1.78. The molecule has 0 N–H and O–H groups in total. The zero-order valence-electron chi connectivity index (χ0n) is 10.9. The van der Waals surface area contributed by atoms with Gasteiger partial charge in [0.2, 0.25) is 0 Å². The van der Waals surface area contributed by atoms with Crippen molar-refractivity contribution in [2.75, 3.05) is 7.11 Å². The summed E-state index contributed by atoms with van der Waals surface area (Å²) in [6, 6.07) is 14.9. The van der Waals surface area contributed by atoms with Gasteiger partial charge in [-0.15, -0.1) is 0 Å². The van der Waals surface area contributed by atoms with Gasteiger partial charge in [0.15, 0.2) is 0 Å². The maximum atomic E-state index is 6.11. The molecule has 0 radical (unpaired) electrons. The second kappa shape index (κ2) is 5.47. The highest BCUT2D eigenvalue weighted by Crippen LogP contribution is 2.27. The van der Waals surface area contributed by atoms with E-state index in [0.29, 0.717) is 11.6 Å². The van der Waals surface area contributed by atoms with Crippen LogP contribution in [-0.2, 0) is 6.61 Å². The molecule has 2 aromatic carbocycles. The molecule has 0 atom stereocenters. The first-order chi connectivity index (χ1) is 9.76. The molecule has 4 heteroatoms. The van der Waals surface area contributed by atoms with Crippen LogP contribution in [0, 0.1) is 0 Å². The minimum absolute atomic E-state index is 0.345. The van der Waals surface area contributed by atoms with Crippen molar-refractivity contribution < 1.29 is 13.9 Å². The summed E-state index contributed by atoms with van der Waals surface area (Å²) in [5.74, 6) is 2.22. The second-order valence-corrected chi connectivity index (χ2v) is 4.74. The van der Waals surface area contributed by atoms with Crippen molar-refractivity contribution in [3.05, 3.63) is 59.3 Å². The summed E-state index contributed by atoms with van der Waals surface area (Å²) in [4.78, 5) is 0. The third-order valence-corrected chi connectivity index (χ3v) is 3.31. The molecule has 0 aliphatic carbocycles. The van der Waals surface area contributed by atoms with Crippen LogP contribution in [0.4, 0.5) is 0 Å². The third kappa shape index (κ3) is 2.58. The molecule has 0 aliphatic heterocycles.